The van der Waals surface area contributed by atoms with Gasteiger partial charge in [-0.25, -0.2) is 9.38 Å². The number of nitrogens with one attached hydrogen (secondary N) is 3. The van der Waals surface area contributed by atoms with E-state index in [1.807, 2.05) is 24.3 Å². The first-order valence-corrected chi connectivity index (χ1v) is 15.2. The Balaban J connectivity index is 1.43. The van der Waals surface area contributed by atoms with Crippen LogP contribution in [-0.4, -0.2) is 62.1 Å². The van der Waals surface area contributed by atoms with Crippen molar-refractivity contribution >= 4 is 17.6 Å². The summed E-state index contributed by atoms with van der Waals surface area (Å²) in [6, 6.07) is 13.0. The number of rotatable bonds is 8. The van der Waals surface area contributed by atoms with Crippen molar-refractivity contribution in [1.82, 2.24) is 15.5 Å². The summed E-state index contributed by atoms with van der Waals surface area (Å²) < 4.78 is 19.3. The fraction of sp³-hybridized carbons (Fsp3) is 0.576. The number of piperazine rings is 1. The van der Waals surface area contributed by atoms with Gasteiger partial charge in [0.25, 0.3) is 5.91 Å². The maximum absolute atomic E-state index is 14.2. The molecule has 0 aromatic heterocycles. The molecule has 0 bridgehead atoms. The van der Waals surface area contributed by atoms with Crippen molar-refractivity contribution in [3.8, 4) is 5.75 Å². The van der Waals surface area contributed by atoms with E-state index in [0.29, 0.717) is 59.6 Å². The lowest BCUT2D eigenvalue weighted by Gasteiger charge is -2.41. The Morgan fingerprint density at radius 2 is 1.90 bits per heavy atom. The van der Waals surface area contributed by atoms with Gasteiger partial charge in [-0.05, 0) is 85.8 Å². The van der Waals surface area contributed by atoms with E-state index in [1.165, 1.54) is 19.6 Å². The molecular weight excluding hydrogens is 517 g/mol. The molecular formula is C33H48FN5O2. The first kappa shape index (κ1) is 30.8. The Labute approximate surface area is 245 Å². The molecule has 1 unspecified atom stereocenters. The molecule has 3 N–H and O–H groups in total. The van der Waals surface area contributed by atoms with E-state index in [9.17, 15) is 9.18 Å². The SMILES string of the molecule is COc1ccc(CCNC(=O)c2ccc(NC(=NC3C[C@H](C)C[C@H](C(C)C)[C@@H]3C)N3CCN[C@@H](C)C3)cc2)c(F)c1. The molecule has 1 amide bonds. The van der Waals surface area contributed by atoms with Crippen molar-refractivity contribution in [3.63, 3.8) is 0 Å². The largest absolute Gasteiger partial charge is 0.497 e. The van der Waals surface area contributed by atoms with E-state index in [4.69, 9.17) is 9.73 Å². The van der Waals surface area contributed by atoms with Crippen LogP contribution in [0, 0.1) is 29.5 Å². The van der Waals surface area contributed by atoms with Crippen molar-refractivity contribution in [2.24, 2.45) is 28.7 Å². The lowest BCUT2D eigenvalue weighted by atomic mass is 9.68. The van der Waals surface area contributed by atoms with Crippen molar-refractivity contribution in [2.45, 2.75) is 66.0 Å². The van der Waals surface area contributed by atoms with Crippen molar-refractivity contribution < 1.29 is 13.9 Å². The number of anilines is 1. The first-order valence-electron chi connectivity index (χ1n) is 15.2. The van der Waals surface area contributed by atoms with Crippen LogP contribution in [0.3, 0.4) is 0 Å². The van der Waals surface area contributed by atoms with E-state index in [-0.39, 0.29) is 17.8 Å². The average Bonchev–Trinajstić information content (AvgIpc) is 2.95. The zero-order chi connectivity index (χ0) is 29.5. The number of methoxy groups -OCH3 is 1. The van der Waals surface area contributed by atoms with Crippen LogP contribution in [-0.2, 0) is 6.42 Å². The molecule has 0 spiro atoms. The molecule has 2 aliphatic rings. The van der Waals surface area contributed by atoms with Gasteiger partial charge in [-0.1, -0.05) is 33.8 Å². The standard InChI is InChI=1S/C33H48FN5O2/c1-21(2)29-17-22(3)18-31(24(29)5)38-33(39-16-15-35-23(4)20-39)37-27-10-7-26(8-11-27)32(40)36-14-13-25-9-12-28(41-6)19-30(25)34/h7-12,19,21-24,29,31,35H,13-18,20H2,1-6H3,(H,36,40)(H,37,38)/t22-,23+,24+,29-,31?/m1/s1. The molecule has 5 atom stereocenters. The number of hydrogen-bond donors (Lipinski definition) is 3. The highest BCUT2D eigenvalue weighted by molar-refractivity contribution is 5.96. The summed E-state index contributed by atoms with van der Waals surface area (Å²) in [7, 11) is 1.51. The van der Waals surface area contributed by atoms with Gasteiger partial charge in [0.15, 0.2) is 5.96 Å². The molecule has 2 aromatic carbocycles. The van der Waals surface area contributed by atoms with Crippen LogP contribution in [0.5, 0.6) is 5.75 Å². The molecule has 2 aromatic rings. The Kier molecular flexibility index (Phi) is 10.6. The minimum Gasteiger partial charge on any atom is -0.497 e. The third-order valence-corrected chi connectivity index (χ3v) is 8.76. The predicted octanol–water partition coefficient (Wildman–Crippen LogP) is 5.58. The highest BCUT2D eigenvalue weighted by Crippen LogP contribution is 2.39. The van der Waals surface area contributed by atoms with Gasteiger partial charge in [-0.15, -0.1) is 0 Å². The number of carbonyl (C=O) groups excluding carboxylic acids is 1. The number of ether oxygens (including phenoxy) is 1. The molecule has 4 rings (SSSR count). The number of amides is 1. The number of halogens is 1. The third kappa shape index (κ3) is 8.22. The Morgan fingerprint density at radius 1 is 1.15 bits per heavy atom. The molecule has 0 radical (unpaired) electrons. The quantitative estimate of drug-likeness (QED) is 0.288. The maximum Gasteiger partial charge on any atom is 0.251 e. The van der Waals surface area contributed by atoms with Gasteiger partial charge in [0.05, 0.1) is 13.2 Å². The van der Waals surface area contributed by atoms with E-state index in [2.05, 4.69) is 55.5 Å². The number of aliphatic imine (C=N–C) groups is 1. The summed E-state index contributed by atoms with van der Waals surface area (Å²) in [5.41, 5.74) is 2.01. The summed E-state index contributed by atoms with van der Waals surface area (Å²) in [5, 5.41) is 10.0. The van der Waals surface area contributed by atoms with Gasteiger partial charge < -0.3 is 25.6 Å². The van der Waals surface area contributed by atoms with Gasteiger partial charge in [0.1, 0.15) is 11.6 Å². The number of guanidine groups is 1. The van der Waals surface area contributed by atoms with Gasteiger partial charge in [0, 0.05) is 49.5 Å². The lowest BCUT2D eigenvalue weighted by molar-refractivity contribution is 0.0954. The monoisotopic (exact) mass is 565 g/mol. The Hall–Kier alpha value is -3.13. The predicted molar refractivity (Wildman–Crippen MR) is 165 cm³/mol. The van der Waals surface area contributed by atoms with Crippen LogP contribution in [0.25, 0.3) is 0 Å². The second-order valence-electron chi connectivity index (χ2n) is 12.3. The zero-order valence-electron chi connectivity index (χ0n) is 25.5. The van der Waals surface area contributed by atoms with Crippen molar-refractivity contribution in [1.29, 1.82) is 0 Å². The maximum atomic E-state index is 14.2. The van der Waals surface area contributed by atoms with Crippen LogP contribution >= 0.6 is 0 Å². The normalized spacial score (nSPS) is 25.2. The van der Waals surface area contributed by atoms with Crippen LogP contribution in [0.1, 0.15) is 63.4 Å². The summed E-state index contributed by atoms with van der Waals surface area (Å²) in [6.07, 6.45) is 2.79. The molecule has 8 heteroatoms. The van der Waals surface area contributed by atoms with Gasteiger partial charge in [0.2, 0.25) is 0 Å². The second kappa shape index (κ2) is 14.2. The van der Waals surface area contributed by atoms with E-state index >= 15 is 0 Å². The Bertz CT molecular complexity index is 1180. The second-order valence-corrected chi connectivity index (χ2v) is 12.3. The van der Waals surface area contributed by atoms with E-state index in [0.717, 1.165) is 37.7 Å². The lowest BCUT2D eigenvalue weighted by Crippen LogP contribution is -2.53. The van der Waals surface area contributed by atoms with E-state index < -0.39 is 0 Å². The van der Waals surface area contributed by atoms with Crippen LogP contribution in [0.2, 0.25) is 0 Å². The Morgan fingerprint density at radius 3 is 2.56 bits per heavy atom. The smallest absolute Gasteiger partial charge is 0.251 e. The van der Waals surface area contributed by atoms with Crippen LogP contribution in [0.15, 0.2) is 47.5 Å². The zero-order valence-corrected chi connectivity index (χ0v) is 25.5. The molecule has 2 fully saturated rings. The summed E-state index contributed by atoms with van der Waals surface area (Å²) >= 11 is 0. The highest BCUT2D eigenvalue weighted by atomic mass is 19.1. The number of benzene rings is 2. The van der Waals surface area contributed by atoms with E-state index in [1.54, 1.807) is 12.1 Å². The van der Waals surface area contributed by atoms with Crippen molar-refractivity contribution in [2.75, 3.05) is 38.6 Å². The van der Waals surface area contributed by atoms with Crippen molar-refractivity contribution in [3.05, 3.63) is 59.4 Å². The molecule has 41 heavy (non-hydrogen) atoms. The van der Waals surface area contributed by atoms with Crippen LogP contribution < -0.4 is 20.7 Å². The van der Waals surface area contributed by atoms with Gasteiger partial charge in [-0.2, -0.15) is 0 Å². The topological polar surface area (TPSA) is 78.0 Å². The first-order chi connectivity index (χ1) is 19.6. The fourth-order valence-electron chi connectivity index (χ4n) is 6.32. The highest BCUT2D eigenvalue weighted by Gasteiger charge is 2.35. The molecule has 1 aliphatic carbocycles. The summed E-state index contributed by atoms with van der Waals surface area (Å²) in [6.45, 7) is 14.7. The minimum atomic E-state index is -0.331. The number of hydrogen-bond acceptors (Lipinski definition) is 4. The molecule has 1 saturated heterocycles. The van der Waals surface area contributed by atoms with Gasteiger partial charge >= 0.3 is 0 Å². The minimum absolute atomic E-state index is 0.181. The summed E-state index contributed by atoms with van der Waals surface area (Å²) in [4.78, 5) is 20.5. The molecule has 7 nitrogen and oxygen atoms in total. The average molecular weight is 566 g/mol. The molecule has 1 aliphatic heterocycles. The number of nitrogens with zero attached hydrogens (tertiary/aromatic N) is 2. The molecule has 1 saturated carbocycles. The molecule has 224 valence electrons. The number of carbonyl (C=O) groups is 1. The summed E-state index contributed by atoms with van der Waals surface area (Å²) in [5.74, 6) is 3.40. The van der Waals surface area contributed by atoms with Crippen LogP contribution in [0.4, 0.5) is 10.1 Å². The fourth-order valence-corrected chi connectivity index (χ4v) is 6.32. The third-order valence-electron chi connectivity index (χ3n) is 8.76. The molecule has 1 heterocycles. The van der Waals surface area contributed by atoms with Gasteiger partial charge in [-0.3, -0.25) is 4.79 Å².